The third-order valence-electron chi connectivity index (χ3n) is 7.76. The minimum Gasteiger partial charge on any atom is -0.378 e. The summed E-state index contributed by atoms with van der Waals surface area (Å²) >= 11 is 0. The Bertz CT molecular complexity index is 1470. The first-order valence-corrected chi connectivity index (χ1v) is 14.0. The number of ether oxygens (including phenoxy) is 1. The monoisotopic (exact) mass is 543 g/mol. The highest BCUT2D eigenvalue weighted by Crippen LogP contribution is 2.36. The number of amides is 2. The quantitative estimate of drug-likeness (QED) is 0.446. The predicted molar refractivity (Wildman–Crippen MR) is 156 cm³/mol. The van der Waals surface area contributed by atoms with E-state index in [0.717, 1.165) is 65.4 Å². The average molecular weight is 544 g/mol. The van der Waals surface area contributed by atoms with Gasteiger partial charge in [0, 0.05) is 66.4 Å². The number of aromatic nitrogens is 2. The highest BCUT2D eigenvalue weighted by molar-refractivity contribution is 6.03. The Morgan fingerprint density at radius 2 is 1.85 bits per heavy atom. The zero-order valence-electron chi connectivity index (χ0n) is 23.7. The summed E-state index contributed by atoms with van der Waals surface area (Å²) in [5.74, 6) is 0.727. The molecule has 0 bridgehead atoms. The SMILES string of the molecule is CCN(C(=O)C1CC1)c1cc(-c2ccc(N3CCOCC3)nc2)cc(C(=O)NCc2c(C)cc(C)[nH]c2=O)c1C. The number of benzene rings is 1. The average Bonchev–Trinajstić information content (AvgIpc) is 3.80. The lowest BCUT2D eigenvalue weighted by Gasteiger charge is -2.28. The summed E-state index contributed by atoms with van der Waals surface area (Å²) in [4.78, 5) is 50.8. The lowest BCUT2D eigenvalue weighted by Crippen LogP contribution is -2.36. The number of anilines is 2. The topological polar surface area (TPSA) is 108 Å². The summed E-state index contributed by atoms with van der Waals surface area (Å²) in [6.45, 7) is 11.1. The van der Waals surface area contributed by atoms with Gasteiger partial charge in [-0.15, -0.1) is 0 Å². The number of pyridine rings is 2. The van der Waals surface area contributed by atoms with Crippen molar-refractivity contribution in [1.82, 2.24) is 15.3 Å². The minimum atomic E-state index is -0.298. The smallest absolute Gasteiger partial charge is 0.253 e. The largest absolute Gasteiger partial charge is 0.378 e. The Balaban J connectivity index is 1.49. The molecule has 3 heterocycles. The molecule has 9 heteroatoms. The van der Waals surface area contributed by atoms with Crippen LogP contribution >= 0.6 is 0 Å². The first-order chi connectivity index (χ1) is 19.3. The van der Waals surface area contributed by atoms with E-state index in [0.29, 0.717) is 30.9 Å². The van der Waals surface area contributed by atoms with E-state index in [1.807, 2.05) is 64.2 Å². The Kier molecular flexibility index (Phi) is 8.02. The van der Waals surface area contributed by atoms with Gasteiger partial charge in [0.1, 0.15) is 5.82 Å². The predicted octanol–water partition coefficient (Wildman–Crippen LogP) is 3.89. The fraction of sp³-hybridized carbons (Fsp3) is 0.419. The molecule has 210 valence electrons. The third-order valence-corrected chi connectivity index (χ3v) is 7.76. The van der Waals surface area contributed by atoms with Crippen LogP contribution in [0, 0.1) is 26.7 Å². The Labute approximate surface area is 234 Å². The van der Waals surface area contributed by atoms with Gasteiger partial charge in [0.25, 0.3) is 11.5 Å². The number of morpholine rings is 1. The number of hydrogen-bond donors (Lipinski definition) is 2. The molecule has 0 spiro atoms. The molecule has 1 aromatic carbocycles. The summed E-state index contributed by atoms with van der Waals surface area (Å²) in [7, 11) is 0. The molecule has 1 aliphatic heterocycles. The van der Waals surface area contributed by atoms with Crippen LogP contribution in [0.15, 0.2) is 41.3 Å². The van der Waals surface area contributed by atoms with Gasteiger partial charge in [-0.1, -0.05) is 0 Å². The molecule has 0 atom stereocenters. The highest BCUT2D eigenvalue weighted by atomic mass is 16.5. The van der Waals surface area contributed by atoms with Crippen molar-refractivity contribution in [2.45, 2.75) is 47.1 Å². The summed E-state index contributed by atoms with van der Waals surface area (Å²) in [5, 5.41) is 2.94. The maximum absolute atomic E-state index is 13.6. The molecule has 9 nitrogen and oxygen atoms in total. The van der Waals surface area contributed by atoms with Gasteiger partial charge in [-0.2, -0.15) is 0 Å². The number of hydrogen-bond acceptors (Lipinski definition) is 6. The number of aryl methyl sites for hydroxylation is 2. The molecule has 40 heavy (non-hydrogen) atoms. The summed E-state index contributed by atoms with van der Waals surface area (Å²) in [5.41, 5.74) is 5.50. The molecule has 1 saturated heterocycles. The lowest BCUT2D eigenvalue weighted by atomic mass is 9.97. The number of H-pyrrole nitrogens is 1. The zero-order chi connectivity index (χ0) is 28.4. The maximum atomic E-state index is 13.6. The van der Waals surface area contributed by atoms with Crippen LogP contribution in [0.2, 0.25) is 0 Å². The fourth-order valence-corrected chi connectivity index (χ4v) is 5.28. The highest BCUT2D eigenvalue weighted by Gasteiger charge is 2.34. The number of aromatic amines is 1. The van der Waals surface area contributed by atoms with Crippen molar-refractivity contribution in [2.75, 3.05) is 42.6 Å². The van der Waals surface area contributed by atoms with Gasteiger partial charge in [-0.3, -0.25) is 14.4 Å². The number of nitrogens with one attached hydrogen (secondary N) is 2. The second kappa shape index (κ2) is 11.6. The van der Waals surface area contributed by atoms with E-state index in [1.165, 1.54) is 0 Å². The molecule has 2 aliphatic rings. The first-order valence-electron chi connectivity index (χ1n) is 14.0. The molecule has 2 N–H and O–H groups in total. The van der Waals surface area contributed by atoms with Gasteiger partial charge in [-0.05, 0) is 87.6 Å². The second-order valence-corrected chi connectivity index (χ2v) is 10.7. The van der Waals surface area contributed by atoms with E-state index < -0.39 is 0 Å². The summed E-state index contributed by atoms with van der Waals surface area (Å²) in [6.07, 6.45) is 3.62. The maximum Gasteiger partial charge on any atom is 0.253 e. The second-order valence-electron chi connectivity index (χ2n) is 10.7. The molecule has 5 rings (SSSR count). The Morgan fingerprint density at radius 1 is 1.10 bits per heavy atom. The van der Waals surface area contributed by atoms with E-state index in [4.69, 9.17) is 9.72 Å². The Hall–Kier alpha value is -3.98. The number of rotatable bonds is 8. The van der Waals surface area contributed by atoms with E-state index in [-0.39, 0.29) is 29.8 Å². The van der Waals surface area contributed by atoms with Crippen LogP contribution < -0.4 is 20.7 Å². The first kappa shape index (κ1) is 27.6. The molecule has 0 radical (unpaired) electrons. The van der Waals surface area contributed by atoms with Crippen LogP contribution in [-0.4, -0.2) is 54.6 Å². The molecule has 3 aromatic rings. The van der Waals surface area contributed by atoms with Crippen LogP contribution in [0.4, 0.5) is 11.5 Å². The fourth-order valence-electron chi connectivity index (χ4n) is 5.28. The van der Waals surface area contributed by atoms with Crippen molar-refractivity contribution in [1.29, 1.82) is 0 Å². The van der Waals surface area contributed by atoms with E-state index in [9.17, 15) is 14.4 Å². The minimum absolute atomic E-state index is 0.0472. The van der Waals surface area contributed by atoms with Gasteiger partial charge < -0.3 is 24.8 Å². The lowest BCUT2D eigenvalue weighted by molar-refractivity contribution is -0.119. The van der Waals surface area contributed by atoms with Crippen molar-refractivity contribution < 1.29 is 14.3 Å². The molecule has 2 amide bonds. The van der Waals surface area contributed by atoms with Crippen LogP contribution in [-0.2, 0) is 16.1 Å². The molecular formula is C31H37N5O4. The number of nitrogens with zero attached hydrogens (tertiary/aromatic N) is 3. The van der Waals surface area contributed by atoms with Crippen molar-refractivity contribution in [3.05, 3.63) is 74.8 Å². The summed E-state index contributed by atoms with van der Waals surface area (Å²) < 4.78 is 5.46. The third kappa shape index (κ3) is 5.79. The van der Waals surface area contributed by atoms with Gasteiger partial charge in [0.2, 0.25) is 5.91 Å². The summed E-state index contributed by atoms with van der Waals surface area (Å²) in [6, 6.07) is 9.71. The number of carbonyl (C=O) groups is 2. The van der Waals surface area contributed by atoms with E-state index in [1.54, 1.807) is 4.90 Å². The molecule has 1 aliphatic carbocycles. The van der Waals surface area contributed by atoms with Crippen LogP contribution in [0.5, 0.6) is 0 Å². The van der Waals surface area contributed by atoms with Crippen LogP contribution in [0.1, 0.15) is 52.5 Å². The van der Waals surface area contributed by atoms with E-state index >= 15 is 0 Å². The molecule has 0 unspecified atom stereocenters. The van der Waals surface area contributed by atoms with Crippen molar-refractivity contribution in [3.63, 3.8) is 0 Å². The Morgan fingerprint density at radius 3 is 2.48 bits per heavy atom. The van der Waals surface area contributed by atoms with Crippen molar-refractivity contribution in [3.8, 4) is 11.1 Å². The van der Waals surface area contributed by atoms with E-state index in [2.05, 4.69) is 15.2 Å². The van der Waals surface area contributed by atoms with Crippen molar-refractivity contribution >= 4 is 23.3 Å². The molecule has 2 aromatic heterocycles. The van der Waals surface area contributed by atoms with Crippen molar-refractivity contribution in [2.24, 2.45) is 5.92 Å². The zero-order valence-corrected chi connectivity index (χ0v) is 23.7. The van der Waals surface area contributed by atoms with Crippen LogP contribution in [0.3, 0.4) is 0 Å². The van der Waals surface area contributed by atoms with Gasteiger partial charge in [-0.25, -0.2) is 4.98 Å². The van der Waals surface area contributed by atoms with Gasteiger partial charge in [0.05, 0.1) is 13.2 Å². The normalized spacial score (nSPS) is 15.2. The number of carbonyl (C=O) groups excluding carboxylic acids is 2. The van der Waals surface area contributed by atoms with Crippen LogP contribution in [0.25, 0.3) is 11.1 Å². The van der Waals surface area contributed by atoms with Gasteiger partial charge >= 0.3 is 0 Å². The molecule has 1 saturated carbocycles. The van der Waals surface area contributed by atoms with Gasteiger partial charge in [0.15, 0.2) is 0 Å². The molecule has 2 fully saturated rings. The standard InChI is InChI=1S/C31H37N5O4/c1-5-36(31(39)22-6-7-22)27-16-24(23-8-9-28(32-17-23)35-10-12-40-13-11-35)15-25(21(27)4)29(37)33-18-26-19(2)14-20(3)34-30(26)38/h8-9,14-17,22H,5-7,10-13,18H2,1-4H3,(H,33,37)(H,34,38). The molecular weight excluding hydrogens is 506 g/mol.